The summed E-state index contributed by atoms with van der Waals surface area (Å²) in [7, 11) is 0. The van der Waals surface area contributed by atoms with Gasteiger partial charge in [0.25, 0.3) is 5.91 Å². The molecular weight excluding hydrogens is 410 g/mol. The Balaban J connectivity index is 1.33. The van der Waals surface area contributed by atoms with Gasteiger partial charge in [-0.1, -0.05) is 30.2 Å². The predicted molar refractivity (Wildman–Crippen MR) is 120 cm³/mol. The Morgan fingerprint density at radius 3 is 2.39 bits per heavy atom. The first-order valence-corrected chi connectivity index (χ1v) is 11.7. The zero-order valence-electron chi connectivity index (χ0n) is 17.7. The number of carbonyl (C=O) groups is 2. The van der Waals surface area contributed by atoms with E-state index in [1.807, 2.05) is 29.2 Å². The fourth-order valence-electron chi connectivity index (χ4n) is 5.72. The van der Waals surface area contributed by atoms with Crippen LogP contribution in [0.2, 0.25) is 5.02 Å². The lowest BCUT2D eigenvalue weighted by Gasteiger charge is -2.52. The summed E-state index contributed by atoms with van der Waals surface area (Å²) in [4.78, 5) is 34.9. The maximum Gasteiger partial charge on any atom is 0.253 e. The molecule has 0 unspecified atom stereocenters. The maximum atomic E-state index is 13.9. The first-order valence-electron chi connectivity index (χ1n) is 11.3. The molecule has 31 heavy (non-hydrogen) atoms. The van der Waals surface area contributed by atoms with E-state index in [1.165, 1.54) is 0 Å². The predicted octanol–water partition coefficient (Wildman–Crippen LogP) is 4.31. The molecule has 5 nitrogen and oxygen atoms in total. The minimum atomic E-state index is -0.392. The van der Waals surface area contributed by atoms with E-state index in [2.05, 4.69) is 9.88 Å². The van der Waals surface area contributed by atoms with E-state index in [1.54, 1.807) is 24.5 Å². The fourth-order valence-corrected chi connectivity index (χ4v) is 5.84. The molecule has 1 aromatic heterocycles. The summed E-state index contributed by atoms with van der Waals surface area (Å²) in [5.74, 6) is 0.699. The molecule has 2 aliphatic heterocycles. The van der Waals surface area contributed by atoms with Gasteiger partial charge >= 0.3 is 0 Å². The topological polar surface area (TPSA) is 53.5 Å². The van der Waals surface area contributed by atoms with Gasteiger partial charge < -0.3 is 9.80 Å². The molecule has 3 heterocycles. The summed E-state index contributed by atoms with van der Waals surface area (Å²) in [5.41, 5.74) is 1.39. The summed E-state index contributed by atoms with van der Waals surface area (Å²) in [5, 5.41) is 0.704. The second kappa shape index (κ2) is 8.27. The number of nitrogens with zero attached hydrogens (tertiary/aromatic N) is 3. The average molecular weight is 438 g/mol. The number of hydrogen-bond donors (Lipinski definition) is 0. The molecule has 2 aromatic rings. The number of aromatic nitrogens is 1. The number of benzene rings is 1. The summed E-state index contributed by atoms with van der Waals surface area (Å²) in [6.07, 6.45) is 9.16. The second-order valence-electron chi connectivity index (χ2n) is 9.19. The zero-order valence-corrected chi connectivity index (χ0v) is 18.4. The van der Waals surface area contributed by atoms with Gasteiger partial charge in [-0.25, -0.2) is 0 Å². The molecule has 3 fully saturated rings. The van der Waals surface area contributed by atoms with Crippen molar-refractivity contribution in [1.82, 2.24) is 14.8 Å². The largest absolute Gasteiger partial charge is 0.339 e. The molecule has 1 saturated carbocycles. The number of likely N-dealkylation sites (tertiary alicyclic amines) is 2. The smallest absolute Gasteiger partial charge is 0.253 e. The van der Waals surface area contributed by atoms with Crippen LogP contribution in [0.3, 0.4) is 0 Å². The van der Waals surface area contributed by atoms with E-state index in [0.717, 1.165) is 57.2 Å². The third kappa shape index (κ3) is 3.63. The van der Waals surface area contributed by atoms with E-state index in [-0.39, 0.29) is 17.9 Å². The Hall–Kier alpha value is -2.40. The number of piperidine rings is 2. The Morgan fingerprint density at radius 1 is 0.968 bits per heavy atom. The molecule has 2 atom stereocenters. The van der Waals surface area contributed by atoms with E-state index < -0.39 is 5.41 Å². The van der Waals surface area contributed by atoms with Gasteiger partial charge in [0.05, 0.1) is 5.41 Å². The minimum Gasteiger partial charge on any atom is -0.339 e. The van der Waals surface area contributed by atoms with E-state index in [9.17, 15) is 9.59 Å². The van der Waals surface area contributed by atoms with Crippen LogP contribution >= 0.6 is 11.6 Å². The monoisotopic (exact) mass is 437 g/mol. The van der Waals surface area contributed by atoms with Crippen LogP contribution in [0.25, 0.3) is 0 Å². The molecule has 0 spiro atoms. The summed E-state index contributed by atoms with van der Waals surface area (Å²) < 4.78 is 0. The Morgan fingerprint density at radius 2 is 1.71 bits per heavy atom. The van der Waals surface area contributed by atoms with Gasteiger partial charge in [0.2, 0.25) is 5.91 Å². The fraction of sp³-hybridized carbons (Fsp3) is 0.480. The van der Waals surface area contributed by atoms with Crippen molar-refractivity contribution in [3.63, 3.8) is 0 Å². The highest BCUT2D eigenvalue weighted by atomic mass is 35.5. The normalized spacial score (nSPS) is 24.8. The number of rotatable bonds is 3. The van der Waals surface area contributed by atoms with Gasteiger partial charge in [0.15, 0.2) is 0 Å². The zero-order chi connectivity index (χ0) is 21.4. The maximum absolute atomic E-state index is 13.9. The van der Waals surface area contributed by atoms with E-state index in [4.69, 9.17) is 11.6 Å². The summed E-state index contributed by atoms with van der Waals surface area (Å²) in [6.45, 7) is 2.25. The van der Waals surface area contributed by atoms with Crippen LogP contribution in [0.15, 0.2) is 48.8 Å². The molecular formula is C25H28ClN3O2. The van der Waals surface area contributed by atoms with Crippen LogP contribution < -0.4 is 0 Å². The van der Waals surface area contributed by atoms with Crippen LogP contribution in [-0.2, 0) is 10.2 Å². The van der Waals surface area contributed by atoms with Crippen LogP contribution in [0.4, 0.5) is 0 Å². The van der Waals surface area contributed by atoms with Gasteiger partial charge in [-0.15, -0.1) is 0 Å². The van der Waals surface area contributed by atoms with Crippen LogP contribution in [-0.4, -0.2) is 52.3 Å². The number of pyridine rings is 1. The van der Waals surface area contributed by atoms with Crippen molar-refractivity contribution in [2.45, 2.75) is 50.0 Å². The quantitative estimate of drug-likeness (QED) is 0.718. The van der Waals surface area contributed by atoms with Crippen LogP contribution in [0.5, 0.6) is 0 Å². The van der Waals surface area contributed by atoms with Crippen molar-refractivity contribution in [2.75, 3.05) is 19.6 Å². The molecule has 2 amide bonds. The van der Waals surface area contributed by atoms with Crippen molar-refractivity contribution < 1.29 is 9.59 Å². The molecule has 0 radical (unpaired) electrons. The lowest BCUT2D eigenvalue weighted by atomic mass is 9.63. The molecule has 3 aliphatic rings. The van der Waals surface area contributed by atoms with Crippen molar-refractivity contribution in [2.24, 2.45) is 5.92 Å². The molecule has 1 aromatic carbocycles. The number of fused-ring (bicyclic) bond motifs is 1. The lowest BCUT2D eigenvalue weighted by molar-refractivity contribution is -0.148. The van der Waals surface area contributed by atoms with Gasteiger partial charge in [-0.3, -0.25) is 14.6 Å². The first-order chi connectivity index (χ1) is 15.1. The minimum absolute atomic E-state index is 0.0703. The van der Waals surface area contributed by atoms with Gasteiger partial charge in [0.1, 0.15) is 0 Å². The molecule has 0 bridgehead atoms. The Labute approximate surface area is 188 Å². The Kier molecular flexibility index (Phi) is 5.47. The van der Waals surface area contributed by atoms with Crippen molar-refractivity contribution in [3.8, 4) is 0 Å². The summed E-state index contributed by atoms with van der Waals surface area (Å²) in [6, 6.07) is 11.6. The standard InChI is InChI=1S/C25H28ClN3O2/c26-21-6-4-20(5-7-21)25(11-2-12-25)24(31)29-15-1-3-19-17-28(16-10-22(19)29)23(30)18-8-13-27-14-9-18/h4-9,13-14,19,22H,1-3,10-12,15-17H2/t19-,22-/m1/s1. The third-order valence-corrected chi connectivity index (χ3v) is 7.81. The number of hydrogen-bond acceptors (Lipinski definition) is 3. The average Bonchev–Trinajstić information content (AvgIpc) is 2.78. The van der Waals surface area contributed by atoms with Gasteiger partial charge in [-0.05, 0) is 67.9 Å². The molecule has 1 aliphatic carbocycles. The highest BCUT2D eigenvalue weighted by molar-refractivity contribution is 6.30. The van der Waals surface area contributed by atoms with Crippen LogP contribution in [0.1, 0.15) is 54.4 Å². The number of halogens is 1. The first kappa shape index (κ1) is 20.5. The second-order valence-corrected chi connectivity index (χ2v) is 9.62. The van der Waals surface area contributed by atoms with Crippen molar-refractivity contribution in [1.29, 1.82) is 0 Å². The van der Waals surface area contributed by atoms with Gasteiger partial charge in [-0.2, -0.15) is 0 Å². The Bertz CT molecular complexity index is 958. The molecule has 0 N–H and O–H groups in total. The SMILES string of the molecule is O=C(c1ccncc1)N1CC[C@@H]2[C@H](CCCN2C(=O)C2(c3ccc(Cl)cc3)CCC2)C1. The number of amides is 2. The van der Waals surface area contributed by atoms with Crippen molar-refractivity contribution in [3.05, 3.63) is 64.9 Å². The van der Waals surface area contributed by atoms with Gasteiger partial charge in [0, 0.05) is 48.7 Å². The van der Waals surface area contributed by atoms with E-state index in [0.29, 0.717) is 23.0 Å². The molecule has 2 saturated heterocycles. The summed E-state index contributed by atoms with van der Waals surface area (Å²) >= 11 is 6.09. The highest BCUT2D eigenvalue weighted by Gasteiger charge is 2.50. The third-order valence-electron chi connectivity index (χ3n) is 7.56. The highest BCUT2D eigenvalue weighted by Crippen LogP contribution is 2.47. The molecule has 6 heteroatoms. The van der Waals surface area contributed by atoms with Crippen molar-refractivity contribution >= 4 is 23.4 Å². The van der Waals surface area contributed by atoms with E-state index >= 15 is 0 Å². The molecule has 162 valence electrons. The number of carbonyl (C=O) groups excluding carboxylic acids is 2. The lowest BCUT2D eigenvalue weighted by Crippen LogP contribution is -2.61. The molecule has 5 rings (SSSR count). The van der Waals surface area contributed by atoms with Crippen LogP contribution in [0, 0.1) is 5.92 Å².